The molecule has 0 saturated heterocycles. The van der Waals surface area contributed by atoms with Crippen molar-refractivity contribution < 1.29 is 4.74 Å². The summed E-state index contributed by atoms with van der Waals surface area (Å²) in [4.78, 5) is 4.59. The van der Waals surface area contributed by atoms with Crippen molar-refractivity contribution in [2.24, 2.45) is 0 Å². The highest BCUT2D eigenvalue weighted by Gasteiger charge is 2.14. The van der Waals surface area contributed by atoms with Crippen LogP contribution >= 0.6 is 0 Å². The van der Waals surface area contributed by atoms with Gasteiger partial charge in [-0.2, -0.15) is 0 Å². The van der Waals surface area contributed by atoms with Gasteiger partial charge in [-0.1, -0.05) is 18.9 Å². The predicted octanol–water partition coefficient (Wildman–Crippen LogP) is 5.76. The Labute approximate surface area is 149 Å². The highest BCUT2D eigenvalue weighted by atomic mass is 16.5. The lowest BCUT2D eigenvalue weighted by Crippen LogP contribution is -2.14. The molecule has 1 N–H and O–H groups in total. The summed E-state index contributed by atoms with van der Waals surface area (Å²) in [5.41, 5.74) is 3.31. The lowest BCUT2D eigenvalue weighted by atomic mass is 10.1. The highest BCUT2D eigenvalue weighted by molar-refractivity contribution is 5.79. The van der Waals surface area contributed by atoms with Gasteiger partial charge in [-0.05, 0) is 74.2 Å². The van der Waals surface area contributed by atoms with Crippen molar-refractivity contribution in [3.05, 3.63) is 67.1 Å². The van der Waals surface area contributed by atoms with E-state index < -0.39 is 0 Å². The van der Waals surface area contributed by atoms with E-state index in [1.165, 1.54) is 31.2 Å². The first kappa shape index (κ1) is 15.9. The fourth-order valence-electron chi connectivity index (χ4n) is 3.41. The molecule has 0 amide bonds. The van der Waals surface area contributed by atoms with Crippen LogP contribution in [0.5, 0.6) is 11.6 Å². The Morgan fingerprint density at radius 3 is 2.56 bits per heavy atom. The van der Waals surface area contributed by atoms with Crippen molar-refractivity contribution in [2.45, 2.75) is 38.1 Å². The number of aromatic nitrogens is 1. The SMILES string of the molecule is [CH2]Cc1ccc2nc(Oc3ccc(NC4CCCC4)cc3)ccc2c1. The third kappa shape index (κ3) is 3.76. The fourth-order valence-corrected chi connectivity index (χ4v) is 3.41. The second kappa shape index (κ2) is 7.14. The predicted molar refractivity (Wildman–Crippen MR) is 103 cm³/mol. The topological polar surface area (TPSA) is 34.1 Å². The molecule has 1 saturated carbocycles. The first-order chi connectivity index (χ1) is 12.3. The minimum atomic E-state index is 0.617. The zero-order chi connectivity index (χ0) is 17.1. The molecule has 2 aromatic carbocycles. The zero-order valence-corrected chi connectivity index (χ0v) is 14.4. The van der Waals surface area contributed by atoms with Gasteiger partial charge >= 0.3 is 0 Å². The number of benzene rings is 2. The van der Waals surface area contributed by atoms with Crippen molar-refractivity contribution in [3.8, 4) is 11.6 Å². The van der Waals surface area contributed by atoms with Gasteiger partial charge in [-0.15, -0.1) is 0 Å². The molecular weight excluding hydrogens is 308 g/mol. The summed E-state index contributed by atoms with van der Waals surface area (Å²) in [6.45, 7) is 3.93. The molecule has 1 heterocycles. The molecule has 4 rings (SSSR count). The molecule has 1 aliphatic rings. The Morgan fingerprint density at radius 1 is 1.00 bits per heavy atom. The summed E-state index contributed by atoms with van der Waals surface area (Å²) in [6.07, 6.45) is 6.01. The number of rotatable bonds is 5. The fraction of sp³-hybridized carbons (Fsp3) is 0.273. The van der Waals surface area contributed by atoms with E-state index in [0.717, 1.165) is 28.8 Å². The summed E-state index contributed by atoms with van der Waals surface area (Å²) in [5.74, 6) is 1.42. The van der Waals surface area contributed by atoms with Crippen LogP contribution in [0.25, 0.3) is 10.9 Å². The Bertz CT molecular complexity index is 852. The number of hydrogen-bond acceptors (Lipinski definition) is 3. The van der Waals surface area contributed by atoms with E-state index in [9.17, 15) is 0 Å². The molecule has 127 valence electrons. The van der Waals surface area contributed by atoms with Crippen LogP contribution in [0.2, 0.25) is 0 Å². The van der Waals surface area contributed by atoms with Crippen LogP contribution in [0.3, 0.4) is 0 Å². The van der Waals surface area contributed by atoms with E-state index in [0.29, 0.717) is 11.9 Å². The van der Waals surface area contributed by atoms with E-state index >= 15 is 0 Å². The summed E-state index contributed by atoms with van der Waals surface area (Å²) >= 11 is 0. The Balaban J connectivity index is 1.46. The van der Waals surface area contributed by atoms with E-state index in [2.05, 4.69) is 41.5 Å². The summed E-state index contributed by atoms with van der Waals surface area (Å²) in [5, 5.41) is 4.71. The number of ether oxygens (including phenoxy) is 1. The van der Waals surface area contributed by atoms with Gasteiger partial charge in [-0.25, -0.2) is 4.98 Å². The van der Waals surface area contributed by atoms with Gasteiger partial charge in [0.05, 0.1) is 5.52 Å². The van der Waals surface area contributed by atoms with Crippen LogP contribution < -0.4 is 10.1 Å². The number of hydrogen-bond donors (Lipinski definition) is 1. The zero-order valence-electron chi connectivity index (χ0n) is 14.4. The summed E-state index contributed by atoms with van der Waals surface area (Å²) in [7, 11) is 0. The minimum absolute atomic E-state index is 0.617. The number of pyridine rings is 1. The van der Waals surface area contributed by atoms with Crippen LogP contribution in [0.15, 0.2) is 54.6 Å². The molecular formula is C22H23N2O. The monoisotopic (exact) mass is 331 g/mol. The first-order valence-corrected chi connectivity index (χ1v) is 9.03. The van der Waals surface area contributed by atoms with Gasteiger partial charge < -0.3 is 10.1 Å². The summed E-state index contributed by atoms with van der Waals surface area (Å²) < 4.78 is 5.92. The Hall–Kier alpha value is -2.55. The average Bonchev–Trinajstić information content (AvgIpc) is 3.16. The van der Waals surface area contributed by atoms with Gasteiger partial charge in [0, 0.05) is 23.2 Å². The number of nitrogens with zero attached hydrogens (tertiary/aromatic N) is 1. The Morgan fingerprint density at radius 2 is 1.80 bits per heavy atom. The second-order valence-corrected chi connectivity index (χ2v) is 6.68. The molecule has 0 aliphatic heterocycles. The first-order valence-electron chi connectivity index (χ1n) is 9.03. The Kier molecular flexibility index (Phi) is 4.55. The van der Waals surface area contributed by atoms with Gasteiger partial charge in [-0.3, -0.25) is 0 Å². The van der Waals surface area contributed by atoms with Crippen LogP contribution in [-0.4, -0.2) is 11.0 Å². The molecule has 25 heavy (non-hydrogen) atoms. The third-order valence-corrected chi connectivity index (χ3v) is 4.82. The highest BCUT2D eigenvalue weighted by Crippen LogP contribution is 2.26. The maximum absolute atomic E-state index is 5.92. The van der Waals surface area contributed by atoms with Crippen molar-refractivity contribution in [3.63, 3.8) is 0 Å². The molecule has 3 heteroatoms. The van der Waals surface area contributed by atoms with E-state index in [1.54, 1.807) is 0 Å². The molecule has 0 bridgehead atoms. The quantitative estimate of drug-likeness (QED) is 0.645. The molecule has 1 aromatic heterocycles. The smallest absolute Gasteiger partial charge is 0.219 e. The summed E-state index contributed by atoms with van der Waals surface area (Å²) in [6, 6.07) is 19.0. The number of anilines is 1. The van der Waals surface area contributed by atoms with Crippen LogP contribution in [0.1, 0.15) is 31.2 Å². The van der Waals surface area contributed by atoms with Gasteiger partial charge in [0.25, 0.3) is 0 Å². The third-order valence-electron chi connectivity index (χ3n) is 4.82. The molecule has 0 spiro atoms. The molecule has 1 fully saturated rings. The van der Waals surface area contributed by atoms with Crippen molar-refractivity contribution in [1.29, 1.82) is 0 Å². The molecule has 0 unspecified atom stereocenters. The van der Waals surface area contributed by atoms with E-state index in [-0.39, 0.29) is 0 Å². The van der Waals surface area contributed by atoms with E-state index in [4.69, 9.17) is 4.74 Å². The normalized spacial score (nSPS) is 14.8. The number of nitrogens with one attached hydrogen (secondary N) is 1. The lowest BCUT2D eigenvalue weighted by Gasteiger charge is -2.14. The van der Waals surface area contributed by atoms with Gasteiger partial charge in [0.2, 0.25) is 5.88 Å². The lowest BCUT2D eigenvalue weighted by molar-refractivity contribution is 0.465. The van der Waals surface area contributed by atoms with Gasteiger partial charge in [0.1, 0.15) is 5.75 Å². The van der Waals surface area contributed by atoms with Crippen LogP contribution in [-0.2, 0) is 6.42 Å². The largest absolute Gasteiger partial charge is 0.439 e. The minimum Gasteiger partial charge on any atom is -0.439 e. The molecule has 0 atom stereocenters. The molecule has 3 nitrogen and oxygen atoms in total. The molecule has 3 aromatic rings. The number of fused-ring (bicyclic) bond motifs is 1. The average molecular weight is 331 g/mol. The van der Waals surface area contributed by atoms with Crippen molar-refractivity contribution in [1.82, 2.24) is 4.98 Å². The molecule has 1 radical (unpaired) electrons. The maximum atomic E-state index is 5.92. The van der Waals surface area contributed by atoms with E-state index in [1.807, 2.05) is 30.3 Å². The molecule has 1 aliphatic carbocycles. The standard InChI is InChI=1S/C22H23N2O/c1-2-16-7-13-21-17(15-16)8-14-22(24-21)25-20-11-9-19(10-12-20)23-18-5-3-4-6-18/h7-15,18,23H,1-6H2. The maximum Gasteiger partial charge on any atom is 0.219 e. The second-order valence-electron chi connectivity index (χ2n) is 6.68. The van der Waals surface area contributed by atoms with Crippen LogP contribution in [0, 0.1) is 6.92 Å². The van der Waals surface area contributed by atoms with Crippen molar-refractivity contribution in [2.75, 3.05) is 5.32 Å². The van der Waals surface area contributed by atoms with Gasteiger partial charge in [0.15, 0.2) is 0 Å². The van der Waals surface area contributed by atoms with Crippen molar-refractivity contribution >= 4 is 16.6 Å². The van der Waals surface area contributed by atoms with Crippen LogP contribution in [0.4, 0.5) is 5.69 Å².